The van der Waals surface area contributed by atoms with Gasteiger partial charge in [-0.3, -0.25) is 0 Å². The molecule has 1 saturated carbocycles. The van der Waals surface area contributed by atoms with E-state index >= 15 is 0 Å². The maximum atomic E-state index is 10.3. The van der Waals surface area contributed by atoms with E-state index in [2.05, 4.69) is 85.8 Å². The lowest BCUT2D eigenvalue weighted by Crippen LogP contribution is -2.16. The Morgan fingerprint density at radius 2 is 1.35 bits per heavy atom. The van der Waals surface area contributed by atoms with Crippen molar-refractivity contribution in [2.24, 2.45) is 11.8 Å². The van der Waals surface area contributed by atoms with Gasteiger partial charge in [-0.2, -0.15) is 0 Å². The van der Waals surface area contributed by atoms with E-state index in [-0.39, 0.29) is 17.9 Å². The third-order valence-electron chi connectivity index (χ3n) is 6.77. The van der Waals surface area contributed by atoms with Crippen LogP contribution in [-0.4, -0.2) is 11.7 Å². The average molecular weight is 340 g/mol. The standard InChI is InChI=1S/C25H24O/c1-2-21-24(20(16-26)17-10-4-3-5-11-17)25(21)22-14-8-6-12-18(22)19-13-7-9-15-23(19)25/h3-15,20-21,24,26H,2,16H2,1H3/t20?,21-,24+/m0/s1. The molecule has 1 unspecified atom stereocenters. The molecule has 0 radical (unpaired) electrons. The molecular formula is C25H24O. The van der Waals surface area contributed by atoms with Gasteiger partial charge in [-0.25, -0.2) is 0 Å². The molecule has 0 heterocycles. The van der Waals surface area contributed by atoms with Crippen LogP contribution in [0.3, 0.4) is 0 Å². The van der Waals surface area contributed by atoms with Crippen LogP contribution in [0.4, 0.5) is 0 Å². The Bertz CT molecular complexity index is 898. The molecule has 1 N–H and O–H groups in total. The van der Waals surface area contributed by atoms with Crippen LogP contribution in [0.1, 0.15) is 36.0 Å². The quantitative estimate of drug-likeness (QED) is 0.675. The molecule has 3 atom stereocenters. The number of aliphatic hydroxyl groups excluding tert-OH is 1. The van der Waals surface area contributed by atoms with Crippen LogP contribution in [0.2, 0.25) is 0 Å². The molecule has 3 aromatic carbocycles. The molecule has 2 aliphatic rings. The highest BCUT2D eigenvalue weighted by molar-refractivity contribution is 5.83. The lowest BCUT2D eigenvalue weighted by Gasteiger charge is -2.20. The molecule has 1 fully saturated rings. The fourth-order valence-electron chi connectivity index (χ4n) is 5.85. The monoisotopic (exact) mass is 340 g/mol. The molecule has 0 aromatic heterocycles. The van der Waals surface area contributed by atoms with Crippen LogP contribution in [0, 0.1) is 11.8 Å². The van der Waals surface area contributed by atoms with Crippen LogP contribution in [0.5, 0.6) is 0 Å². The maximum absolute atomic E-state index is 10.3. The number of benzene rings is 3. The van der Waals surface area contributed by atoms with Gasteiger partial charge in [0.25, 0.3) is 0 Å². The summed E-state index contributed by atoms with van der Waals surface area (Å²) >= 11 is 0. The first-order chi connectivity index (χ1) is 12.8. The first-order valence-electron chi connectivity index (χ1n) is 9.69. The zero-order chi connectivity index (χ0) is 17.7. The van der Waals surface area contributed by atoms with Crippen molar-refractivity contribution in [3.05, 3.63) is 95.6 Å². The molecule has 0 aliphatic heterocycles. The van der Waals surface area contributed by atoms with Crippen molar-refractivity contribution >= 4 is 0 Å². The summed E-state index contributed by atoms with van der Waals surface area (Å²) in [6, 6.07) is 28.4. The van der Waals surface area contributed by atoms with Crippen molar-refractivity contribution in [2.75, 3.05) is 6.61 Å². The van der Waals surface area contributed by atoms with E-state index in [4.69, 9.17) is 0 Å². The molecule has 0 amide bonds. The molecule has 130 valence electrons. The van der Waals surface area contributed by atoms with E-state index in [9.17, 15) is 5.11 Å². The predicted molar refractivity (Wildman–Crippen MR) is 106 cm³/mol. The second-order valence-electron chi connectivity index (χ2n) is 7.70. The van der Waals surface area contributed by atoms with Crippen molar-refractivity contribution in [3.63, 3.8) is 0 Å². The van der Waals surface area contributed by atoms with Gasteiger partial charge in [0.05, 0.1) is 6.61 Å². The van der Waals surface area contributed by atoms with Crippen LogP contribution in [0.15, 0.2) is 78.9 Å². The molecule has 2 aliphatic carbocycles. The average Bonchev–Trinajstić information content (AvgIpc) is 3.28. The van der Waals surface area contributed by atoms with E-state index < -0.39 is 0 Å². The molecule has 26 heavy (non-hydrogen) atoms. The Hall–Kier alpha value is -2.38. The van der Waals surface area contributed by atoms with Gasteiger partial charge in [0.2, 0.25) is 0 Å². The molecule has 5 rings (SSSR count). The topological polar surface area (TPSA) is 20.2 Å². The minimum absolute atomic E-state index is 0.0607. The third kappa shape index (κ3) is 1.90. The molecule has 3 aromatic rings. The van der Waals surface area contributed by atoms with Crippen molar-refractivity contribution in [1.82, 2.24) is 0 Å². The highest BCUT2D eigenvalue weighted by Gasteiger charge is 2.70. The smallest absolute Gasteiger partial charge is 0.0502 e. The normalized spacial score (nSPS) is 22.7. The van der Waals surface area contributed by atoms with Gasteiger partial charge < -0.3 is 5.11 Å². The highest BCUT2D eigenvalue weighted by Crippen LogP contribution is 2.74. The lowest BCUT2D eigenvalue weighted by molar-refractivity contribution is 0.245. The molecule has 0 saturated heterocycles. The summed E-state index contributed by atoms with van der Waals surface area (Å²) < 4.78 is 0. The summed E-state index contributed by atoms with van der Waals surface area (Å²) in [5.41, 5.74) is 7.02. The Kier molecular flexibility index (Phi) is 3.55. The number of fused-ring (bicyclic) bond motifs is 5. The van der Waals surface area contributed by atoms with Crippen LogP contribution >= 0.6 is 0 Å². The molecule has 1 nitrogen and oxygen atoms in total. The number of rotatable bonds is 4. The molecular weight excluding hydrogens is 316 g/mol. The van der Waals surface area contributed by atoms with Crippen LogP contribution in [-0.2, 0) is 5.41 Å². The van der Waals surface area contributed by atoms with E-state index in [0.29, 0.717) is 11.8 Å². The Morgan fingerprint density at radius 3 is 1.88 bits per heavy atom. The van der Waals surface area contributed by atoms with E-state index in [1.807, 2.05) is 0 Å². The lowest BCUT2D eigenvalue weighted by atomic mass is 9.83. The highest BCUT2D eigenvalue weighted by atomic mass is 16.3. The van der Waals surface area contributed by atoms with Gasteiger partial charge in [-0.05, 0) is 39.7 Å². The van der Waals surface area contributed by atoms with Crippen LogP contribution in [0.25, 0.3) is 11.1 Å². The fraction of sp³-hybridized carbons (Fsp3) is 0.280. The second kappa shape index (κ2) is 5.82. The summed E-state index contributed by atoms with van der Waals surface area (Å²) in [4.78, 5) is 0. The Morgan fingerprint density at radius 1 is 0.808 bits per heavy atom. The minimum atomic E-state index is 0.0607. The number of hydrogen-bond donors (Lipinski definition) is 1. The van der Waals surface area contributed by atoms with Gasteiger partial charge in [-0.15, -0.1) is 0 Å². The summed E-state index contributed by atoms with van der Waals surface area (Å²) in [5.74, 6) is 1.20. The van der Waals surface area contributed by atoms with E-state index in [0.717, 1.165) is 6.42 Å². The first kappa shape index (κ1) is 15.8. The van der Waals surface area contributed by atoms with Crippen molar-refractivity contribution < 1.29 is 5.11 Å². The molecule has 1 spiro atoms. The van der Waals surface area contributed by atoms with E-state index in [1.54, 1.807) is 0 Å². The Labute approximate surface area is 155 Å². The van der Waals surface area contributed by atoms with Crippen LogP contribution < -0.4 is 0 Å². The van der Waals surface area contributed by atoms with Gasteiger partial charge in [0, 0.05) is 11.3 Å². The zero-order valence-corrected chi connectivity index (χ0v) is 15.1. The minimum Gasteiger partial charge on any atom is -0.396 e. The van der Waals surface area contributed by atoms with Crippen molar-refractivity contribution in [2.45, 2.75) is 24.7 Å². The molecule has 1 heteroatoms. The molecule has 0 bridgehead atoms. The summed E-state index contributed by atoms with van der Waals surface area (Å²) in [7, 11) is 0. The number of aliphatic hydroxyl groups is 1. The van der Waals surface area contributed by atoms with Crippen molar-refractivity contribution in [1.29, 1.82) is 0 Å². The summed E-state index contributed by atoms with van der Waals surface area (Å²) in [6.07, 6.45) is 1.14. The third-order valence-corrected chi connectivity index (χ3v) is 6.77. The van der Waals surface area contributed by atoms with Gasteiger partial charge in [0.15, 0.2) is 0 Å². The summed E-state index contributed by atoms with van der Waals surface area (Å²) in [6.45, 7) is 2.51. The second-order valence-corrected chi connectivity index (χ2v) is 7.70. The maximum Gasteiger partial charge on any atom is 0.0502 e. The SMILES string of the molecule is CC[C@H]1[C@@H](C(CO)c2ccccc2)C12c1ccccc1-c1ccccc12. The predicted octanol–water partition coefficient (Wildman–Crippen LogP) is 5.39. The van der Waals surface area contributed by atoms with Gasteiger partial charge in [-0.1, -0.05) is 92.2 Å². The number of hydrogen-bond acceptors (Lipinski definition) is 1. The fourth-order valence-corrected chi connectivity index (χ4v) is 5.85. The zero-order valence-electron chi connectivity index (χ0n) is 15.1. The van der Waals surface area contributed by atoms with Crippen molar-refractivity contribution in [3.8, 4) is 11.1 Å². The largest absolute Gasteiger partial charge is 0.396 e. The van der Waals surface area contributed by atoms with Gasteiger partial charge >= 0.3 is 0 Å². The first-order valence-corrected chi connectivity index (χ1v) is 9.69. The summed E-state index contributed by atoms with van der Waals surface area (Å²) in [5, 5.41) is 10.3. The van der Waals surface area contributed by atoms with Gasteiger partial charge in [0.1, 0.15) is 0 Å². The Balaban J connectivity index is 1.71. The van der Waals surface area contributed by atoms with E-state index in [1.165, 1.54) is 27.8 Å².